The lowest BCUT2D eigenvalue weighted by molar-refractivity contribution is -0.134. The van der Waals surface area contributed by atoms with Gasteiger partial charge in [0.15, 0.2) is 0 Å². The van der Waals surface area contributed by atoms with Gasteiger partial charge in [-0.25, -0.2) is 0 Å². The van der Waals surface area contributed by atoms with Crippen LogP contribution in [0.2, 0.25) is 0 Å². The van der Waals surface area contributed by atoms with E-state index in [1.54, 1.807) is 0 Å². The molecule has 0 aromatic heterocycles. The molecule has 0 aliphatic carbocycles. The third kappa shape index (κ3) is 3.68. The van der Waals surface area contributed by atoms with Crippen LogP contribution in [0, 0.1) is 5.41 Å². The molecule has 1 heterocycles. The minimum Gasteiger partial charge on any atom is -0.381 e. The van der Waals surface area contributed by atoms with E-state index in [2.05, 4.69) is 17.6 Å². The SMILES string of the molecule is CCCC1(C(=O)NCC(O)C(N)=O)CCNCC1. The van der Waals surface area contributed by atoms with E-state index in [0.717, 1.165) is 38.8 Å². The molecule has 0 bridgehead atoms. The van der Waals surface area contributed by atoms with E-state index in [0.29, 0.717) is 0 Å². The standard InChI is InChI=1S/C12H23N3O3/c1-2-3-12(4-6-14-7-5-12)11(18)15-8-9(16)10(13)17/h9,14,16H,2-8H2,1H3,(H2,13,17)(H,15,18). The molecule has 104 valence electrons. The van der Waals surface area contributed by atoms with Gasteiger partial charge in [0.05, 0.1) is 12.0 Å². The molecule has 0 aromatic rings. The highest BCUT2D eigenvalue weighted by Crippen LogP contribution is 2.34. The molecule has 1 aliphatic rings. The van der Waals surface area contributed by atoms with Crippen molar-refractivity contribution in [2.24, 2.45) is 11.1 Å². The van der Waals surface area contributed by atoms with Crippen molar-refractivity contribution in [2.45, 2.75) is 38.7 Å². The minimum absolute atomic E-state index is 0.0776. The average Bonchev–Trinajstić information content (AvgIpc) is 2.36. The first-order chi connectivity index (χ1) is 8.52. The first-order valence-electron chi connectivity index (χ1n) is 6.48. The number of carbonyl (C=O) groups excluding carboxylic acids is 2. The molecule has 18 heavy (non-hydrogen) atoms. The minimum atomic E-state index is -1.31. The summed E-state index contributed by atoms with van der Waals surface area (Å²) in [5.74, 6) is -0.892. The molecule has 2 amide bonds. The van der Waals surface area contributed by atoms with Gasteiger partial charge in [0, 0.05) is 0 Å². The molecule has 1 aliphatic heterocycles. The molecule has 6 nitrogen and oxygen atoms in total. The summed E-state index contributed by atoms with van der Waals surface area (Å²) in [6, 6.07) is 0. The Morgan fingerprint density at radius 3 is 2.56 bits per heavy atom. The van der Waals surface area contributed by atoms with Crippen molar-refractivity contribution in [2.75, 3.05) is 19.6 Å². The highest BCUT2D eigenvalue weighted by atomic mass is 16.3. The summed E-state index contributed by atoms with van der Waals surface area (Å²) in [6.07, 6.45) is 2.03. The molecular formula is C12H23N3O3. The Bertz CT molecular complexity index is 295. The van der Waals surface area contributed by atoms with Gasteiger partial charge in [-0.3, -0.25) is 9.59 Å². The quantitative estimate of drug-likeness (QED) is 0.496. The van der Waals surface area contributed by atoms with Gasteiger partial charge >= 0.3 is 0 Å². The predicted octanol–water partition coefficient (Wildman–Crippen LogP) is -0.881. The zero-order valence-electron chi connectivity index (χ0n) is 10.9. The van der Waals surface area contributed by atoms with E-state index in [-0.39, 0.29) is 17.9 Å². The van der Waals surface area contributed by atoms with Crippen LogP contribution < -0.4 is 16.4 Å². The number of hydrogen-bond donors (Lipinski definition) is 4. The Morgan fingerprint density at radius 2 is 2.06 bits per heavy atom. The Labute approximate surface area is 107 Å². The molecule has 0 spiro atoms. The zero-order valence-corrected chi connectivity index (χ0v) is 10.9. The first kappa shape index (κ1) is 14.9. The lowest BCUT2D eigenvalue weighted by Crippen LogP contribution is -2.50. The maximum atomic E-state index is 12.2. The van der Waals surface area contributed by atoms with Crippen molar-refractivity contribution in [1.29, 1.82) is 0 Å². The fourth-order valence-corrected chi connectivity index (χ4v) is 2.45. The number of aliphatic hydroxyl groups is 1. The van der Waals surface area contributed by atoms with Crippen molar-refractivity contribution < 1.29 is 14.7 Å². The van der Waals surface area contributed by atoms with Crippen molar-refractivity contribution >= 4 is 11.8 Å². The maximum absolute atomic E-state index is 12.2. The summed E-state index contributed by atoms with van der Waals surface area (Å²) in [7, 11) is 0. The maximum Gasteiger partial charge on any atom is 0.248 e. The fourth-order valence-electron chi connectivity index (χ4n) is 2.45. The molecule has 0 aromatic carbocycles. The highest BCUT2D eigenvalue weighted by molar-refractivity contribution is 5.84. The zero-order chi connectivity index (χ0) is 13.6. The number of nitrogens with two attached hydrogens (primary N) is 1. The largest absolute Gasteiger partial charge is 0.381 e. The van der Waals surface area contributed by atoms with Crippen LogP contribution in [-0.4, -0.2) is 42.7 Å². The second-order valence-electron chi connectivity index (χ2n) is 4.91. The van der Waals surface area contributed by atoms with Crippen LogP contribution in [0.1, 0.15) is 32.6 Å². The van der Waals surface area contributed by atoms with E-state index in [9.17, 15) is 14.7 Å². The van der Waals surface area contributed by atoms with Gasteiger partial charge < -0.3 is 21.5 Å². The molecule has 1 rings (SSSR count). The van der Waals surface area contributed by atoms with Crippen LogP contribution in [0.15, 0.2) is 0 Å². The average molecular weight is 257 g/mol. The molecule has 0 saturated carbocycles. The van der Waals surface area contributed by atoms with Gasteiger partial charge in [-0.05, 0) is 32.4 Å². The van der Waals surface area contributed by atoms with Crippen molar-refractivity contribution in [3.8, 4) is 0 Å². The van der Waals surface area contributed by atoms with E-state index in [4.69, 9.17) is 5.73 Å². The van der Waals surface area contributed by atoms with Gasteiger partial charge in [0.25, 0.3) is 0 Å². The van der Waals surface area contributed by atoms with Gasteiger partial charge in [0.1, 0.15) is 6.10 Å². The summed E-state index contributed by atoms with van der Waals surface area (Å²) < 4.78 is 0. The van der Waals surface area contributed by atoms with Crippen molar-refractivity contribution in [1.82, 2.24) is 10.6 Å². The second-order valence-corrected chi connectivity index (χ2v) is 4.91. The lowest BCUT2D eigenvalue weighted by atomic mass is 9.74. The molecule has 6 heteroatoms. The smallest absolute Gasteiger partial charge is 0.248 e. The topological polar surface area (TPSA) is 104 Å². The number of hydrogen-bond acceptors (Lipinski definition) is 4. The van der Waals surface area contributed by atoms with Crippen LogP contribution in [0.5, 0.6) is 0 Å². The van der Waals surface area contributed by atoms with Crippen LogP contribution in [0.3, 0.4) is 0 Å². The number of aliphatic hydroxyl groups excluding tert-OH is 1. The van der Waals surface area contributed by atoms with Crippen LogP contribution in [0.4, 0.5) is 0 Å². The van der Waals surface area contributed by atoms with Gasteiger partial charge in [0.2, 0.25) is 11.8 Å². The van der Waals surface area contributed by atoms with Crippen molar-refractivity contribution in [3.63, 3.8) is 0 Å². The van der Waals surface area contributed by atoms with E-state index >= 15 is 0 Å². The van der Waals surface area contributed by atoms with Gasteiger partial charge in [-0.15, -0.1) is 0 Å². The number of nitrogens with one attached hydrogen (secondary N) is 2. The molecule has 1 fully saturated rings. The highest BCUT2D eigenvalue weighted by Gasteiger charge is 2.38. The Kier molecular flexibility index (Phi) is 5.55. The monoisotopic (exact) mass is 257 g/mol. The van der Waals surface area contributed by atoms with Gasteiger partial charge in [-0.1, -0.05) is 13.3 Å². The van der Waals surface area contributed by atoms with E-state index in [1.165, 1.54) is 0 Å². The van der Waals surface area contributed by atoms with Crippen LogP contribution in [-0.2, 0) is 9.59 Å². The number of amides is 2. The van der Waals surface area contributed by atoms with Gasteiger partial charge in [-0.2, -0.15) is 0 Å². The summed E-state index contributed by atoms with van der Waals surface area (Å²) >= 11 is 0. The third-order valence-corrected chi connectivity index (χ3v) is 3.56. The Morgan fingerprint density at radius 1 is 1.44 bits per heavy atom. The summed E-state index contributed by atoms with van der Waals surface area (Å²) in [5, 5.41) is 15.2. The number of rotatable bonds is 6. The third-order valence-electron chi connectivity index (χ3n) is 3.56. The predicted molar refractivity (Wildman–Crippen MR) is 67.7 cm³/mol. The molecule has 1 unspecified atom stereocenters. The molecule has 1 atom stereocenters. The van der Waals surface area contributed by atoms with Crippen molar-refractivity contribution in [3.05, 3.63) is 0 Å². The van der Waals surface area contributed by atoms with E-state index in [1.807, 2.05) is 0 Å². The fraction of sp³-hybridized carbons (Fsp3) is 0.833. The van der Waals surface area contributed by atoms with Crippen LogP contribution >= 0.6 is 0 Å². The molecular weight excluding hydrogens is 234 g/mol. The second kappa shape index (κ2) is 6.70. The summed E-state index contributed by atoms with van der Waals surface area (Å²) in [5.41, 5.74) is 4.58. The van der Waals surface area contributed by atoms with Crippen LogP contribution in [0.25, 0.3) is 0 Å². The molecule has 5 N–H and O–H groups in total. The summed E-state index contributed by atoms with van der Waals surface area (Å²) in [6.45, 7) is 3.60. The number of primary amides is 1. The number of carbonyl (C=O) groups is 2. The Balaban J connectivity index is 2.57. The number of piperidine rings is 1. The molecule has 0 radical (unpaired) electrons. The molecule has 1 saturated heterocycles. The Hall–Kier alpha value is -1.14. The lowest BCUT2D eigenvalue weighted by Gasteiger charge is -2.36. The summed E-state index contributed by atoms with van der Waals surface area (Å²) in [4.78, 5) is 22.9. The van der Waals surface area contributed by atoms with E-state index < -0.39 is 12.0 Å². The normalized spacial score (nSPS) is 20.1. The first-order valence-corrected chi connectivity index (χ1v) is 6.48.